The third kappa shape index (κ3) is 2.56. The Labute approximate surface area is 111 Å². The van der Waals surface area contributed by atoms with E-state index < -0.39 is 0 Å². The van der Waals surface area contributed by atoms with Crippen LogP contribution in [0.15, 0.2) is 22.6 Å². The third-order valence-electron chi connectivity index (χ3n) is 2.97. The number of hydrogen-bond donors (Lipinski definition) is 2. The summed E-state index contributed by atoms with van der Waals surface area (Å²) in [5, 5.41) is 12.3. The molecule has 1 amide bonds. The van der Waals surface area contributed by atoms with E-state index >= 15 is 0 Å². The zero-order chi connectivity index (χ0) is 13.8. The van der Waals surface area contributed by atoms with Gasteiger partial charge in [-0.25, -0.2) is 0 Å². The minimum absolute atomic E-state index is 0.0488. The molecule has 0 fully saturated rings. The molecule has 0 bridgehead atoms. The molecule has 0 saturated heterocycles. The molecule has 19 heavy (non-hydrogen) atoms. The minimum Gasteiger partial charge on any atom is -0.493 e. The number of para-hydroxylation sites is 1. The summed E-state index contributed by atoms with van der Waals surface area (Å²) in [6.45, 7) is 2.31. The third-order valence-corrected chi connectivity index (χ3v) is 2.97. The van der Waals surface area contributed by atoms with Crippen molar-refractivity contribution in [2.24, 2.45) is 0 Å². The lowest BCUT2D eigenvalue weighted by Gasteiger charge is -2.01. The molecule has 0 atom stereocenters. The fourth-order valence-corrected chi connectivity index (χ4v) is 1.96. The lowest BCUT2D eigenvalue weighted by molar-refractivity contribution is 0.0924. The summed E-state index contributed by atoms with van der Waals surface area (Å²) in [5.74, 6) is 0.622. The highest BCUT2D eigenvalue weighted by Crippen LogP contribution is 2.32. The Hall–Kier alpha value is -2.01. The van der Waals surface area contributed by atoms with Crippen molar-refractivity contribution in [2.75, 3.05) is 20.3 Å². The van der Waals surface area contributed by atoms with Gasteiger partial charge < -0.3 is 19.6 Å². The molecule has 1 aromatic carbocycles. The van der Waals surface area contributed by atoms with Crippen LogP contribution in [0.3, 0.4) is 0 Å². The van der Waals surface area contributed by atoms with E-state index in [0.29, 0.717) is 24.3 Å². The molecule has 2 aromatic rings. The molecule has 0 spiro atoms. The van der Waals surface area contributed by atoms with E-state index in [1.807, 2.05) is 19.1 Å². The number of methoxy groups -OCH3 is 1. The van der Waals surface area contributed by atoms with E-state index in [2.05, 4.69) is 5.32 Å². The van der Waals surface area contributed by atoms with Crippen LogP contribution in [0, 0.1) is 6.92 Å². The number of fused-ring (bicyclic) bond motifs is 1. The molecule has 0 aliphatic carbocycles. The smallest absolute Gasteiger partial charge is 0.287 e. The standard InChI is InChI=1S/C14H17NO4/c1-9-10-5-3-6-11(18-2)13(10)19-12(9)14(17)15-7-4-8-16/h3,5-6,16H,4,7-8H2,1-2H3,(H,15,17). The van der Waals surface area contributed by atoms with Crippen LogP contribution in [-0.2, 0) is 0 Å². The number of carbonyl (C=O) groups is 1. The van der Waals surface area contributed by atoms with Gasteiger partial charge in [-0.15, -0.1) is 0 Å². The predicted molar refractivity (Wildman–Crippen MR) is 71.5 cm³/mol. The maximum Gasteiger partial charge on any atom is 0.287 e. The van der Waals surface area contributed by atoms with E-state index in [1.165, 1.54) is 0 Å². The van der Waals surface area contributed by atoms with Gasteiger partial charge in [-0.05, 0) is 19.4 Å². The first-order valence-electron chi connectivity index (χ1n) is 6.14. The Morgan fingerprint density at radius 1 is 1.47 bits per heavy atom. The van der Waals surface area contributed by atoms with Gasteiger partial charge in [-0.3, -0.25) is 4.79 Å². The van der Waals surface area contributed by atoms with Crippen molar-refractivity contribution in [3.8, 4) is 5.75 Å². The molecule has 0 aliphatic heterocycles. The van der Waals surface area contributed by atoms with Crippen molar-refractivity contribution in [1.29, 1.82) is 0 Å². The molecule has 0 aliphatic rings. The molecule has 5 heteroatoms. The monoisotopic (exact) mass is 263 g/mol. The minimum atomic E-state index is -0.274. The van der Waals surface area contributed by atoms with Crippen LogP contribution in [-0.4, -0.2) is 31.3 Å². The Morgan fingerprint density at radius 3 is 2.95 bits per heavy atom. The number of aliphatic hydroxyl groups is 1. The Balaban J connectivity index is 2.34. The van der Waals surface area contributed by atoms with Crippen molar-refractivity contribution in [2.45, 2.75) is 13.3 Å². The van der Waals surface area contributed by atoms with Gasteiger partial charge in [0, 0.05) is 24.1 Å². The summed E-state index contributed by atoms with van der Waals surface area (Å²) >= 11 is 0. The molecule has 0 unspecified atom stereocenters. The maximum absolute atomic E-state index is 12.0. The number of benzene rings is 1. The molecule has 1 heterocycles. The van der Waals surface area contributed by atoms with Crippen LogP contribution in [0.25, 0.3) is 11.0 Å². The number of hydrogen-bond acceptors (Lipinski definition) is 4. The highest BCUT2D eigenvalue weighted by Gasteiger charge is 2.19. The van der Waals surface area contributed by atoms with Crippen LogP contribution in [0.2, 0.25) is 0 Å². The first-order valence-corrected chi connectivity index (χ1v) is 6.14. The second-order valence-electron chi connectivity index (χ2n) is 4.23. The fraction of sp³-hybridized carbons (Fsp3) is 0.357. The molecule has 0 saturated carbocycles. The molecule has 102 valence electrons. The zero-order valence-electron chi connectivity index (χ0n) is 11.0. The van der Waals surface area contributed by atoms with E-state index in [9.17, 15) is 4.79 Å². The van der Waals surface area contributed by atoms with Gasteiger partial charge in [-0.1, -0.05) is 12.1 Å². The van der Waals surface area contributed by atoms with Gasteiger partial charge in [0.2, 0.25) is 0 Å². The lowest BCUT2D eigenvalue weighted by atomic mass is 10.1. The second-order valence-corrected chi connectivity index (χ2v) is 4.23. The quantitative estimate of drug-likeness (QED) is 0.808. The number of carbonyl (C=O) groups excluding carboxylic acids is 1. The van der Waals surface area contributed by atoms with E-state index in [-0.39, 0.29) is 18.3 Å². The fourth-order valence-electron chi connectivity index (χ4n) is 1.96. The molecule has 2 N–H and O–H groups in total. The SMILES string of the molecule is COc1cccc2c(C)c(C(=O)NCCCO)oc12. The predicted octanol–water partition coefficient (Wildman–Crippen LogP) is 1.86. The molecule has 5 nitrogen and oxygen atoms in total. The van der Waals surface area contributed by atoms with Gasteiger partial charge in [-0.2, -0.15) is 0 Å². The lowest BCUT2D eigenvalue weighted by Crippen LogP contribution is -2.25. The first-order chi connectivity index (χ1) is 9.19. The van der Waals surface area contributed by atoms with Gasteiger partial charge in [0.15, 0.2) is 17.1 Å². The van der Waals surface area contributed by atoms with Crippen LogP contribution < -0.4 is 10.1 Å². The van der Waals surface area contributed by atoms with Gasteiger partial charge in [0.05, 0.1) is 7.11 Å². The highest BCUT2D eigenvalue weighted by atomic mass is 16.5. The number of ether oxygens (including phenoxy) is 1. The van der Waals surface area contributed by atoms with Crippen molar-refractivity contribution in [3.63, 3.8) is 0 Å². The Bertz CT molecular complexity index is 588. The topological polar surface area (TPSA) is 71.7 Å². The van der Waals surface area contributed by atoms with E-state index in [1.54, 1.807) is 13.2 Å². The molecular formula is C14H17NO4. The number of aliphatic hydroxyl groups excluding tert-OH is 1. The van der Waals surface area contributed by atoms with E-state index in [0.717, 1.165) is 10.9 Å². The van der Waals surface area contributed by atoms with Crippen molar-refractivity contribution < 1.29 is 19.1 Å². The number of nitrogens with one attached hydrogen (secondary N) is 1. The summed E-state index contributed by atoms with van der Waals surface area (Å²) in [5.41, 5.74) is 1.37. The van der Waals surface area contributed by atoms with Crippen molar-refractivity contribution in [3.05, 3.63) is 29.5 Å². The Morgan fingerprint density at radius 2 is 2.26 bits per heavy atom. The molecule has 2 rings (SSSR count). The normalized spacial score (nSPS) is 10.7. The van der Waals surface area contributed by atoms with Crippen LogP contribution in [0.5, 0.6) is 5.75 Å². The second kappa shape index (κ2) is 5.75. The average Bonchev–Trinajstić information content (AvgIpc) is 2.76. The first kappa shape index (κ1) is 13.4. The van der Waals surface area contributed by atoms with Gasteiger partial charge in [0.1, 0.15) is 0 Å². The summed E-state index contributed by atoms with van der Waals surface area (Å²) < 4.78 is 10.8. The largest absolute Gasteiger partial charge is 0.493 e. The van der Waals surface area contributed by atoms with Gasteiger partial charge in [0.25, 0.3) is 5.91 Å². The summed E-state index contributed by atoms with van der Waals surface area (Å²) in [6.07, 6.45) is 0.522. The summed E-state index contributed by atoms with van der Waals surface area (Å²) in [7, 11) is 1.56. The maximum atomic E-state index is 12.0. The van der Waals surface area contributed by atoms with E-state index in [4.69, 9.17) is 14.3 Å². The number of amides is 1. The summed E-state index contributed by atoms with van der Waals surface area (Å²) in [4.78, 5) is 12.0. The number of rotatable bonds is 5. The van der Waals surface area contributed by atoms with Crippen LogP contribution in [0.1, 0.15) is 22.5 Å². The van der Waals surface area contributed by atoms with Crippen molar-refractivity contribution in [1.82, 2.24) is 5.32 Å². The molecule has 0 radical (unpaired) electrons. The Kier molecular flexibility index (Phi) is 4.06. The molecule has 1 aromatic heterocycles. The van der Waals surface area contributed by atoms with Crippen LogP contribution >= 0.6 is 0 Å². The average molecular weight is 263 g/mol. The summed E-state index contributed by atoms with van der Waals surface area (Å²) in [6, 6.07) is 5.54. The number of furan rings is 1. The molecular weight excluding hydrogens is 246 g/mol. The number of aryl methyl sites for hydroxylation is 1. The van der Waals surface area contributed by atoms with Crippen LogP contribution in [0.4, 0.5) is 0 Å². The zero-order valence-corrected chi connectivity index (χ0v) is 11.0. The van der Waals surface area contributed by atoms with Gasteiger partial charge >= 0.3 is 0 Å². The highest BCUT2D eigenvalue weighted by molar-refractivity contribution is 6.00. The van der Waals surface area contributed by atoms with Crippen molar-refractivity contribution >= 4 is 16.9 Å².